The molecule has 1 atom stereocenters. The number of hydrogen-bond acceptors (Lipinski definition) is 7. The van der Waals surface area contributed by atoms with Crippen LogP contribution >= 0.6 is 0 Å². The first kappa shape index (κ1) is 20.6. The molecule has 1 unspecified atom stereocenters. The van der Waals surface area contributed by atoms with Crippen LogP contribution in [0.5, 0.6) is 5.88 Å². The number of aromatic amines is 1. The fourth-order valence-corrected chi connectivity index (χ4v) is 3.18. The molecule has 0 bridgehead atoms. The van der Waals surface area contributed by atoms with E-state index in [1.165, 1.54) is 12.4 Å². The van der Waals surface area contributed by atoms with Crippen LogP contribution < -0.4 is 10.1 Å². The first-order chi connectivity index (χ1) is 15.0. The Kier molecular flexibility index (Phi) is 5.96. The summed E-state index contributed by atoms with van der Waals surface area (Å²) < 4.78 is 11.7. The zero-order valence-corrected chi connectivity index (χ0v) is 17.4. The Hall–Kier alpha value is -3.69. The molecule has 10 nitrogen and oxygen atoms in total. The van der Waals surface area contributed by atoms with Gasteiger partial charge in [0, 0.05) is 31.1 Å². The zero-order valence-electron chi connectivity index (χ0n) is 17.4. The third-order valence-corrected chi connectivity index (χ3v) is 4.75. The topological polar surface area (TPSA) is 122 Å². The molecule has 1 aliphatic heterocycles. The normalized spacial score (nSPS) is 18.0. The van der Waals surface area contributed by atoms with Gasteiger partial charge in [0.05, 0.1) is 24.7 Å². The molecule has 1 aliphatic carbocycles. The van der Waals surface area contributed by atoms with Crippen LogP contribution in [0.3, 0.4) is 0 Å². The monoisotopic (exact) mass is 424 g/mol. The number of amides is 2. The molecule has 0 aromatic carbocycles. The van der Waals surface area contributed by atoms with Gasteiger partial charge < -0.3 is 19.7 Å². The molecule has 1 fully saturated rings. The number of ether oxygens (including phenoxy) is 2. The van der Waals surface area contributed by atoms with Crippen LogP contribution in [0.2, 0.25) is 0 Å². The van der Waals surface area contributed by atoms with Crippen molar-refractivity contribution < 1.29 is 19.1 Å². The number of hydrogen-bond donors (Lipinski definition) is 2. The highest BCUT2D eigenvalue weighted by Crippen LogP contribution is 2.24. The summed E-state index contributed by atoms with van der Waals surface area (Å²) in [6.45, 7) is 5.33. The Labute approximate surface area is 179 Å². The maximum absolute atomic E-state index is 12.7. The minimum atomic E-state index is -0.479. The lowest BCUT2D eigenvalue weighted by atomic mass is 10.0. The average molecular weight is 424 g/mol. The van der Waals surface area contributed by atoms with E-state index in [0.29, 0.717) is 23.6 Å². The molecule has 10 heteroatoms. The highest BCUT2D eigenvalue weighted by molar-refractivity contribution is 6.05. The first-order valence-corrected chi connectivity index (χ1v) is 10.2. The van der Waals surface area contributed by atoms with Crippen molar-refractivity contribution >= 4 is 17.6 Å². The van der Waals surface area contributed by atoms with Crippen LogP contribution in [0, 0.1) is 0 Å². The molecule has 0 radical (unpaired) electrons. The van der Waals surface area contributed by atoms with Crippen molar-refractivity contribution in [2.24, 2.45) is 0 Å². The summed E-state index contributed by atoms with van der Waals surface area (Å²) in [7, 11) is 0. The minimum Gasteiger partial charge on any atom is -0.495 e. The SMILES string of the molecule is CC(C)OC1=CC(C(=O)Nc2ccn[nH]2)=CC(Oc2cnc(C(=O)N3CCC3)cn2)C1. The molecule has 4 rings (SSSR count). The Balaban J connectivity index is 1.47. The van der Waals surface area contributed by atoms with E-state index < -0.39 is 6.10 Å². The standard InChI is InChI=1S/C21H24N6O4/c1-13(2)30-15-8-14(20(28)25-18-4-5-24-26-18)9-16(10-15)31-19-12-22-17(11-23-19)21(29)27-6-3-7-27/h4-5,8-9,11-13,16H,3,6-7,10H2,1-2H3,(H2,24,25,26,28). The molecule has 2 aromatic rings. The fourth-order valence-electron chi connectivity index (χ4n) is 3.18. The van der Waals surface area contributed by atoms with Crippen molar-refractivity contribution in [2.75, 3.05) is 18.4 Å². The lowest BCUT2D eigenvalue weighted by Gasteiger charge is -2.30. The van der Waals surface area contributed by atoms with Crippen LogP contribution in [0.4, 0.5) is 5.82 Å². The highest BCUT2D eigenvalue weighted by atomic mass is 16.5. The molecule has 1 saturated heterocycles. The third kappa shape index (κ3) is 5.08. The second-order valence-corrected chi connectivity index (χ2v) is 7.57. The Morgan fingerprint density at radius 1 is 1.26 bits per heavy atom. The smallest absolute Gasteiger partial charge is 0.274 e. The second kappa shape index (κ2) is 8.99. The van der Waals surface area contributed by atoms with E-state index in [9.17, 15) is 9.59 Å². The summed E-state index contributed by atoms with van der Waals surface area (Å²) in [5.41, 5.74) is 0.689. The number of anilines is 1. The molecule has 162 valence electrons. The minimum absolute atomic E-state index is 0.0477. The van der Waals surface area contributed by atoms with Crippen molar-refractivity contribution in [2.45, 2.75) is 38.9 Å². The van der Waals surface area contributed by atoms with Crippen molar-refractivity contribution in [3.05, 3.63) is 53.8 Å². The number of aromatic nitrogens is 4. The number of H-pyrrole nitrogens is 1. The van der Waals surface area contributed by atoms with Gasteiger partial charge in [0.15, 0.2) is 0 Å². The zero-order chi connectivity index (χ0) is 21.8. The van der Waals surface area contributed by atoms with E-state index in [0.717, 1.165) is 19.5 Å². The highest BCUT2D eigenvalue weighted by Gasteiger charge is 2.25. The fraction of sp³-hybridized carbons (Fsp3) is 0.381. The van der Waals surface area contributed by atoms with E-state index in [-0.39, 0.29) is 29.5 Å². The Bertz CT molecular complexity index is 993. The summed E-state index contributed by atoms with van der Waals surface area (Å²) in [5, 5.41) is 9.25. The molecule has 2 N–H and O–H groups in total. The van der Waals surface area contributed by atoms with Crippen LogP contribution in [0.1, 0.15) is 37.2 Å². The van der Waals surface area contributed by atoms with Gasteiger partial charge in [0.1, 0.15) is 23.4 Å². The lowest BCUT2D eigenvalue weighted by Crippen LogP contribution is -2.42. The largest absolute Gasteiger partial charge is 0.495 e. The molecule has 0 saturated carbocycles. The van der Waals surface area contributed by atoms with E-state index in [1.807, 2.05) is 13.8 Å². The molecule has 2 aromatic heterocycles. The van der Waals surface area contributed by atoms with Crippen LogP contribution in [0.25, 0.3) is 0 Å². The maximum Gasteiger partial charge on any atom is 0.274 e. The number of nitrogens with zero attached hydrogens (tertiary/aromatic N) is 4. The molecular weight excluding hydrogens is 400 g/mol. The number of carbonyl (C=O) groups is 2. The van der Waals surface area contributed by atoms with E-state index in [4.69, 9.17) is 9.47 Å². The maximum atomic E-state index is 12.7. The van der Waals surface area contributed by atoms with Gasteiger partial charge in [-0.1, -0.05) is 0 Å². The number of nitrogens with one attached hydrogen (secondary N) is 2. The van der Waals surface area contributed by atoms with Crippen LogP contribution in [-0.2, 0) is 9.53 Å². The molecular formula is C21H24N6O4. The van der Waals surface area contributed by atoms with Crippen molar-refractivity contribution in [3.63, 3.8) is 0 Å². The van der Waals surface area contributed by atoms with Crippen LogP contribution in [-0.4, -0.2) is 62.2 Å². The van der Waals surface area contributed by atoms with Gasteiger partial charge in [-0.25, -0.2) is 9.97 Å². The summed E-state index contributed by atoms with van der Waals surface area (Å²) in [6.07, 6.45) is 8.72. The van der Waals surface area contributed by atoms with Crippen molar-refractivity contribution in [1.82, 2.24) is 25.1 Å². The van der Waals surface area contributed by atoms with Crippen LogP contribution in [0.15, 0.2) is 48.1 Å². The van der Waals surface area contributed by atoms with E-state index >= 15 is 0 Å². The quantitative estimate of drug-likeness (QED) is 0.698. The predicted molar refractivity (Wildman–Crippen MR) is 111 cm³/mol. The molecule has 31 heavy (non-hydrogen) atoms. The van der Waals surface area contributed by atoms with Gasteiger partial charge in [-0.15, -0.1) is 0 Å². The van der Waals surface area contributed by atoms with Gasteiger partial charge >= 0.3 is 0 Å². The predicted octanol–water partition coefficient (Wildman–Crippen LogP) is 2.07. The van der Waals surface area contributed by atoms with Gasteiger partial charge in [-0.3, -0.25) is 14.7 Å². The molecule has 2 amide bonds. The Morgan fingerprint density at radius 3 is 2.71 bits per heavy atom. The number of carbonyl (C=O) groups excluding carboxylic acids is 2. The van der Waals surface area contributed by atoms with Gasteiger partial charge in [-0.2, -0.15) is 5.10 Å². The summed E-state index contributed by atoms with van der Waals surface area (Å²) >= 11 is 0. The lowest BCUT2D eigenvalue weighted by molar-refractivity contribution is -0.112. The second-order valence-electron chi connectivity index (χ2n) is 7.57. The third-order valence-electron chi connectivity index (χ3n) is 4.75. The van der Waals surface area contributed by atoms with E-state index in [2.05, 4.69) is 25.5 Å². The molecule has 3 heterocycles. The number of likely N-dealkylation sites (tertiary alicyclic amines) is 1. The van der Waals surface area contributed by atoms with Crippen molar-refractivity contribution in [1.29, 1.82) is 0 Å². The average Bonchev–Trinajstić information content (AvgIpc) is 3.19. The molecule has 0 spiro atoms. The van der Waals surface area contributed by atoms with Gasteiger partial charge in [0.25, 0.3) is 11.8 Å². The summed E-state index contributed by atoms with van der Waals surface area (Å²) in [5.74, 6) is 0.942. The Morgan fingerprint density at radius 2 is 2.10 bits per heavy atom. The summed E-state index contributed by atoms with van der Waals surface area (Å²) in [6, 6.07) is 1.66. The van der Waals surface area contributed by atoms with Crippen molar-refractivity contribution in [3.8, 4) is 5.88 Å². The molecule has 2 aliphatic rings. The summed E-state index contributed by atoms with van der Waals surface area (Å²) in [4.78, 5) is 35.0. The first-order valence-electron chi connectivity index (χ1n) is 10.2. The number of rotatable bonds is 7. The van der Waals surface area contributed by atoms with E-state index in [1.54, 1.807) is 29.3 Å². The van der Waals surface area contributed by atoms with Gasteiger partial charge in [-0.05, 0) is 32.4 Å². The van der Waals surface area contributed by atoms with Gasteiger partial charge in [0.2, 0.25) is 5.88 Å².